The lowest BCUT2D eigenvalue weighted by Crippen LogP contribution is -2.39. The molecular weight excluding hydrogens is 424 g/mol. The van der Waals surface area contributed by atoms with E-state index in [0.29, 0.717) is 5.82 Å². The van der Waals surface area contributed by atoms with E-state index < -0.39 is 0 Å². The number of aryl methyl sites for hydroxylation is 1. The largest absolute Gasteiger partial charge is 0.334 e. The van der Waals surface area contributed by atoms with Gasteiger partial charge in [0, 0.05) is 36.3 Å². The molecule has 4 aromatic rings. The van der Waals surface area contributed by atoms with Gasteiger partial charge in [-0.25, -0.2) is 9.48 Å². The average Bonchev–Trinajstić information content (AvgIpc) is 3.52. The number of para-hydroxylation sites is 1. The van der Waals surface area contributed by atoms with Gasteiger partial charge in [0.05, 0.1) is 11.9 Å². The first kappa shape index (κ1) is 21.7. The number of amides is 2. The van der Waals surface area contributed by atoms with Crippen LogP contribution in [0.25, 0.3) is 16.9 Å². The minimum atomic E-state index is -0.251. The molecule has 1 aliphatic rings. The lowest BCUT2D eigenvalue weighted by molar-refractivity contribution is 0.247. The maximum absolute atomic E-state index is 13.2. The van der Waals surface area contributed by atoms with E-state index >= 15 is 0 Å². The molecule has 7 heteroatoms. The van der Waals surface area contributed by atoms with Crippen LogP contribution in [0.1, 0.15) is 29.9 Å². The van der Waals surface area contributed by atoms with Gasteiger partial charge in [0.2, 0.25) is 0 Å². The molecule has 1 saturated carbocycles. The maximum Gasteiger partial charge on any atom is 0.320 e. The molecule has 2 N–H and O–H groups in total. The molecule has 2 aromatic heterocycles. The highest BCUT2D eigenvalue weighted by Gasteiger charge is 2.32. The predicted molar refractivity (Wildman–Crippen MR) is 134 cm³/mol. The molecule has 0 unspecified atom stereocenters. The second-order valence-electron chi connectivity index (χ2n) is 8.85. The fourth-order valence-electron chi connectivity index (χ4n) is 4.72. The highest BCUT2D eigenvalue weighted by atomic mass is 16.2. The summed E-state index contributed by atoms with van der Waals surface area (Å²) < 4.78 is 3.52. The number of carbonyl (C=O) groups is 1. The molecule has 2 atom stereocenters. The van der Waals surface area contributed by atoms with Gasteiger partial charge in [-0.15, -0.1) is 0 Å². The van der Waals surface area contributed by atoms with Crippen molar-refractivity contribution in [2.45, 2.75) is 31.7 Å². The molecule has 34 heavy (non-hydrogen) atoms. The Morgan fingerprint density at radius 2 is 1.76 bits per heavy atom. The molecule has 172 valence electrons. The van der Waals surface area contributed by atoms with Gasteiger partial charge in [0.1, 0.15) is 11.5 Å². The highest BCUT2D eigenvalue weighted by Crippen LogP contribution is 2.37. The third kappa shape index (κ3) is 4.24. The second-order valence-corrected chi connectivity index (χ2v) is 8.85. The van der Waals surface area contributed by atoms with E-state index in [0.717, 1.165) is 40.9 Å². The molecule has 0 saturated heterocycles. The van der Waals surface area contributed by atoms with Gasteiger partial charge < -0.3 is 5.32 Å². The van der Waals surface area contributed by atoms with E-state index in [4.69, 9.17) is 5.10 Å². The number of benzene rings is 2. The van der Waals surface area contributed by atoms with Crippen LogP contribution in [0.15, 0.2) is 85.2 Å². The van der Waals surface area contributed by atoms with Crippen LogP contribution < -0.4 is 10.6 Å². The predicted octanol–water partition coefficient (Wildman–Crippen LogP) is 5.21. The SMILES string of the molecule is C=C1C[C@@H](NC(=O)Nc2c(C)c(-c3cnn(C)c3)nn2-c2ccccc2)[C@H](c2ccccc2)C1. The number of rotatable bonds is 5. The monoisotopic (exact) mass is 452 g/mol. The fourth-order valence-corrected chi connectivity index (χ4v) is 4.72. The molecule has 0 aliphatic heterocycles. The first-order valence-electron chi connectivity index (χ1n) is 11.4. The van der Waals surface area contributed by atoms with Gasteiger partial charge in [-0.1, -0.05) is 60.7 Å². The Morgan fingerprint density at radius 1 is 1.06 bits per heavy atom. The molecule has 0 bridgehead atoms. The number of hydrogen-bond acceptors (Lipinski definition) is 3. The van der Waals surface area contributed by atoms with Crippen LogP contribution in [0.2, 0.25) is 0 Å². The Kier molecular flexibility index (Phi) is 5.76. The topological polar surface area (TPSA) is 76.8 Å². The standard InChI is InChI=1S/C27H28N6O/c1-18-14-23(20-10-6-4-7-11-20)24(15-18)29-27(34)30-26-19(2)25(21-16-28-32(3)17-21)31-33(26)22-12-8-5-9-13-22/h4-13,16-17,23-24H,1,14-15H2,2-3H3,(H2,29,30,34)/t23-,24+/m0/s1. The molecule has 5 rings (SSSR count). The summed E-state index contributed by atoms with van der Waals surface area (Å²) in [4.78, 5) is 13.2. The lowest BCUT2D eigenvalue weighted by Gasteiger charge is -2.21. The molecule has 7 nitrogen and oxygen atoms in total. The Bertz CT molecular complexity index is 1320. The Balaban J connectivity index is 1.43. The molecule has 0 spiro atoms. The number of anilines is 1. The van der Waals surface area contributed by atoms with Gasteiger partial charge in [-0.05, 0) is 37.5 Å². The van der Waals surface area contributed by atoms with Crippen LogP contribution in [-0.2, 0) is 7.05 Å². The minimum absolute atomic E-state index is 0.0129. The van der Waals surface area contributed by atoms with Gasteiger partial charge in [0.25, 0.3) is 0 Å². The normalized spacial score (nSPS) is 17.6. The molecule has 2 aromatic carbocycles. The van der Waals surface area contributed by atoms with Gasteiger partial charge >= 0.3 is 6.03 Å². The van der Waals surface area contributed by atoms with Crippen LogP contribution >= 0.6 is 0 Å². The van der Waals surface area contributed by atoms with Crippen LogP contribution in [0, 0.1) is 6.92 Å². The van der Waals surface area contributed by atoms with Crippen molar-refractivity contribution in [2.24, 2.45) is 7.05 Å². The molecule has 0 radical (unpaired) electrons. The maximum atomic E-state index is 13.2. The minimum Gasteiger partial charge on any atom is -0.334 e. The molecule has 1 fully saturated rings. The van der Waals surface area contributed by atoms with Crippen LogP contribution in [0.3, 0.4) is 0 Å². The Hall–Kier alpha value is -4.13. The number of nitrogens with zero attached hydrogens (tertiary/aromatic N) is 4. The van der Waals surface area contributed by atoms with Gasteiger partial charge in [-0.3, -0.25) is 10.00 Å². The van der Waals surface area contributed by atoms with Crippen LogP contribution in [0.4, 0.5) is 10.6 Å². The van der Waals surface area contributed by atoms with Crippen molar-refractivity contribution in [2.75, 3.05) is 5.32 Å². The zero-order valence-electron chi connectivity index (χ0n) is 19.4. The van der Waals surface area contributed by atoms with Crippen molar-refractivity contribution in [3.05, 3.63) is 96.3 Å². The van der Waals surface area contributed by atoms with Crippen molar-refractivity contribution in [3.8, 4) is 16.9 Å². The number of aromatic nitrogens is 4. The van der Waals surface area contributed by atoms with E-state index in [1.54, 1.807) is 15.6 Å². The highest BCUT2D eigenvalue weighted by molar-refractivity contribution is 5.91. The van der Waals surface area contributed by atoms with E-state index in [2.05, 4.69) is 34.4 Å². The van der Waals surface area contributed by atoms with Crippen molar-refractivity contribution >= 4 is 11.8 Å². The van der Waals surface area contributed by atoms with E-state index in [-0.39, 0.29) is 18.0 Å². The smallest absolute Gasteiger partial charge is 0.320 e. The Morgan fingerprint density at radius 3 is 2.44 bits per heavy atom. The third-order valence-electron chi connectivity index (χ3n) is 6.38. The van der Waals surface area contributed by atoms with Crippen molar-refractivity contribution in [3.63, 3.8) is 0 Å². The van der Waals surface area contributed by atoms with Gasteiger partial charge in [-0.2, -0.15) is 10.2 Å². The van der Waals surface area contributed by atoms with Crippen molar-refractivity contribution < 1.29 is 4.79 Å². The van der Waals surface area contributed by atoms with E-state index in [9.17, 15) is 4.79 Å². The van der Waals surface area contributed by atoms with Crippen LogP contribution in [-0.4, -0.2) is 31.6 Å². The molecule has 1 aliphatic carbocycles. The third-order valence-corrected chi connectivity index (χ3v) is 6.38. The number of urea groups is 1. The van der Waals surface area contributed by atoms with Gasteiger partial charge in [0.15, 0.2) is 0 Å². The summed E-state index contributed by atoms with van der Waals surface area (Å²) in [5.74, 6) is 0.848. The zero-order chi connectivity index (χ0) is 23.7. The summed E-state index contributed by atoms with van der Waals surface area (Å²) >= 11 is 0. The number of carbonyl (C=O) groups excluding carboxylic acids is 1. The summed E-state index contributed by atoms with van der Waals surface area (Å²) in [5, 5.41) is 15.4. The van der Waals surface area contributed by atoms with Crippen molar-refractivity contribution in [1.29, 1.82) is 0 Å². The molecule has 2 heterocycles. The Labute approximate surface area is 199 Å². The summed E-state index contributed by atoms with van der Waals surface area (Å²) in [5.41, 5.74) is 5.80. The molecule has 2 amide bonds. The first-order chi connectivity index (χ1) is 16.5. The van der Waals surface area contributed by atoms with E-state index in [1.165, 1.54) is 5.56 Å². The summed E-state index contributed by atoms with van der Waals surface area (Å²) in [6.45, 7) is 6.15. The summed E-state index contributed by atoms with van der Waals surface area (Å²) in [6, 6.07) is 19.8. The zero-order valence-corrected chi connectivity index (χ0v) is 19.4. The second kappa shape index (κ2) is 9.02. The fraction of sp³-hybridized carbons (Fsp3) is 0.222. The molecular formula is C27H28N6O. The number of nitrogens with one attached hydrogen (secondary N) is 2. The summed E-state index contributed by atoms with van der Waals surface area (Å²) in [7, 11) is 1.87. The summed E-state index contributed by atoms with van der Waals surface area (Å²) in [6.07, 6.45) is 5.35. The van der Waals surface area contributed by atoms with Crippen LogP contribution in [0.5, 0.6) is 0 Å². The average molecular weight is 453 g/mol. The number of hydrogen-bond donors (Lipinski definition) is 2. The van der Waals surface area contributed by atoms with Crippen molar-refractivity contribution in [1.82, 2.24) is 24.9 Å². The first-order valence-corrected chi connectivity index (χ1v) is 11.4. The lowest BCUT2D eigenvalue weighted by atomic mass is 9.94. The van der Waals surface area contributed by atoms with E-state index in [1.807, 2.05) is 68.7 Å². The quantitative estimate of drug-likeness (QED) is 0.408.